The molecule has 3 rings (SSSR count). The lowest BCUT2D eigenvalue weighted by Gasteiger charge is -2.07. The molecule has 0 bridgehead atoms. The minimum atomic E-state index is 0.507. The van der Waals surface area contributed by atoms with Gasteiger partial charge < -0.3 is 4.74 Å². The van der Waals surface area contributed by atoms with E-state index in [1.165, 1.54) is 36.8 Å². The van der Waals surface area contributed by atoms with Crippen LogP contribution in [0.5, 0.6) is 5.88 Å². The normalized spacial score (nSPS) is 10.8. The summed E-state index contributed by atoms with van der Waals surface area (Å²) in [6.07, 6.45) is 10.7. The van der Waals surface area contributed by atoms with Crippen molar-refractivity contribution in [1.82, 2.24) is 9.97 Å². The number of nitrogens with zero attached hydrogens (tertiary/aromatic N) is 2. The first kappa shape index (κ1) is 20.1. The third kappa shape index (κ3) is 5.91. The molecule has 0 radical (unpaired) electrons. The summed E-state index contributed by atoms with van der Waals surface area (Å²) in [6.45, 7) is 4.94. The molecule has 0 atom stereocenters. The maximum atomic E-state index is 5.78. The number of aryl methyl sites for hydroxylation is 2. The molecule has 0 saturated carbocycles. The summed E-state index contributed by atoms with van der Waals surface area (Å²) in [4.78, 5) is 8.93. The zero-order valence-corrected chi connectivity index (χ0v) is 17.0. The van der Waals surface area contributed by atoms with Crippen LogP contribution in [-0.2, 0) is 19.4 Å². The molecular formula is C25H30N2O. The lowest BCUT2D eigenvalue weighted by molar-refractivity contribution is 0.292. The lowest BCUT2D eigenvalue weighted by atomic mass is 10.0. The zero-order chi connectivity index (χ0) is 19.6. The molecule has 3 heteroatoms. The summed E-state index contributed by atoms with van der Waals surface area (Å²) >= 11 is 0. The third-order valence-corrected chi connectivity index (χ3v) is 4.90. The smallest absolute Gasteiger partial charge is 0.232 e. The van der Waals surface area contributed by atoms with Crippen LogP contribution >= 0.6 is 0 Å². The predicted molar refractivity (Wildman–Crippen MR) is 115 cm³/mol. The summed E-state index contributed by atoms with van der Waals surface area (Å²) in [5, 5.41) is 0. The van der Waals surface area contributed by atoms with Gasteiger partial charge in [-0.25, -0.2) is 9.97 Å². The van der Waals surface area contributed by atoms with Gasteiger partial charge in [0.25, 0.3) is 0 Å². The van der Waals surface area contributed by atoms with Crippen LogP contribution in [0, 0.1) is 0 Å². The van der Waals surface area contributed by atoms with Gasteiger partial charge in [-0.05, 0) is 36.0 Å². The Morgan fingerprint density at radius 3 is 2.00 bits per heavy atom. The number of unbranched alkanes of at least 4 members (excludes halogenated alkanes) is 2. The van der Waals surface area contributed by atoms with E-state index in [0.29, 0.717) is 12.5 Å². The summed E-state index contributed by atoms with van der Waals surface area (Å²) in [6, 6.07) is 17.2. The van der Waals surface area contributed by atoms with E-state index >= 15 is 0 Å². The Kier molecular flexibility index (Phi) is 7.60. The number of ether oxygens (including phenoxy) is 1. The Labute approximate surface area is 168 Å². The minimum Gasteiger partial charge on any atom is -0.472 e. The second kappa shape index (κ2) is 10.6. The van der Waals surface area contributed by atoms with Crippen LogP contribution in [0.15, 0.2) is 60.9 Å². The molecule has 1 heterocycles. The number of hydrogen-bond acceptors (Lipinski definition) is 3. The van der Waals surface area contributed by atoms with E-state index in [1.54, 1.807) is 12.4 Å². The van der Waals surface area contributed by atoms with Gasteiger partial charge in [-0.3, -0.25) is 0 Å². The predicted octanol–water partition coefficient (Wildman–Crippen LogP) is 6.41. The SMILES string of the molecule is CCCCCc1ccc(-c2cnc(OCc3ccc(CCC)cc3)cn2)cc1. The molecule has 3 aromatic rings. The highest BCUT2D eigenvalue weighted by molar-refractivity contribution is 5.58. The Balaban J connectivity index is 1.54. The highest BCUT2D eigenvalue weighted by Gasteiger charge is 2.03. The van der Waals surface area contributed by atoms with Crippen molar-refractivity contribution >= 4 is 0 Å². The Morgan fingerprint density at radius 1 is 0.679 bits per heavy atom. The molecule has 0 aliphatic rings. The number of rotatable bonds is 10. The van der Waals surface area contributed by atoms with Gasteiger partial charge in [-0.15, -0.1) is 0 Å². The molecule has 0 unspecified atom stereocenters. The largest absolute Gasteiger partial charge is 0.472 e. The van der Waals surface area contributed by atoms with Crippen LogP contribution in [0.25, 0.3) is 11.3 Å². The molecule has 0 aliphatic heterocycles. The molecule has 0 spiro atoms. The fourth-order valence-electron chi connectivity index (χ4n) is 3.21. The van der Waals surface area contributed by atoms with Crippen molar-refractivity contribution in [3.63, 3.8) is 0 Å². The molecule has 0 amide bonds. The Morgan fingerprint density at radius 2 is 1.36 bits per heavy atom. The lowest BCUT2D eigenvalue weighted by Crippen LogP contribution is -1.98. The van der Waals surface area contributed by atoms with Gasteiger partial charge in [0.15, 0.2) is 0 Å². The first-order valence-corrected chi connectivity index (χ1v) is 10.4. The van der Waals surface area contributed by atoms with E-state index in [1.807, 2.05) is 0 Å². The average molecular weight is 375 g/mol. The molecule has 0 N–H and O–H groups in total. The van der Waals surface area contributed by atoms with Crippen molar-refractivity contribution in [2.24, 2.45) is 0 Å². The van der Waals surface area contributed by atoms with Gasteiger partial charge in [0.2, 0.25) is 5.88 Å². The van der Waals surface area contributed by atoms with Crippen LogP contribution in [0.3, 0.4) is 0 Å². The summed E-state index contributed by atoms with van der Waals surface area (Å²) in [7, 11) is 0. The molecular weight excluding hydrogens is 344 g/mol. The average Bonchev–Trinajstić information content (AvgIpc) is 2.75. The van der Waals surface area contributed by atoms with Crippen molar-refractivity contribution in [2.75, 3.05) is 0 Å². The second-order valence-corrected chi connectivity index (χ2v) is 7.25. The standard InChI is InChI=1S/C25H30N2O/c1-3-5-6-8-21-13-15-23(16-14-21)24-17-27-25(18-26-24)28-19-22-11-9-20(7-4-2)10-12-22/h9-18H,3-8,19H2,1-2H3. The third-order valence-electron chi connectivity index (χ3n) is 4.90. The minimum absolute atomic E-state index is 0.507. The Bertz CT molecular complexity index is 824. The van der Waals surface area contributed by atoms with Crippen LogP contribution < -0.4 is 4.74 Å². The van der Waals surface area contributed by atoms with Gasteiger partial charge >= 0.3 is 0 Å². The first-order chi connectivity index (χ1) is 13.8. The second-order valence-electron chi connectivity index (χ2n) is 7.25. The van der Waals surface area contributed by atoms with E-state index in [-0.39, 0.29) is 0 Å². The van der Waals surface area contributed by atoms with Gasteiger partial charge in [-0.1, -0.05) is 81.6 Å². The summed E-state index contributed by atoms with van der Waals surface area (Å²) in [5.74, 6) is 0.553. The number of aromatic nitrogens is 2. The number of hydrogen-bond donors (Lipinski definition) is 0. The van der Waals surface area contributed by atoms with E-state index in [0.717, 1.165) is 29.7 Å². The monoisotopic (exact) mass is 374 g/mol. The quantitative estimate of drug-likeness (QED) is 0.385. The zero-order valence-electron chi connectivity index (χ0n) is 17.0. The van der Waals surface area contributed by atoms with E-state index < -0.39 is 0 Å². The molecule has 146 valence electrons. The molecule has 3 nitrogen and oxygen atoms in total. The van der Waals surface area contributed by atoms with E-state index in [4.69, 9.17) is 4.74 Å². The van der Waals surface area contributed by atoms with Crippen LogP contribution in [-0.4, -0.2) is 9.97 Å². The van der Waals surface area contributed by atoms with E-state index in [2.05, 4.69) is 72.3 Å². The molecule has 2 aromatic carbocycles. The maximum Gasteiger partial charge on any atom is 0.232 e. The topological polar surface area (TPSA) is 35.0 Å². The fraction of sp³-hybridized carbons (Fsp3) is 0.360. The maximum absolute atomic E-state index is 5.78. The van der Waals surface area contributed by atoms with E-state index in [9.17, 15) is 0 Å². The molecule has 0 saturated heterocycles. The van der Waals surface area contributed by atoms with Crippen LogP contribution in [0.1, 0.15) is 56.2 Å². The number of benzene rings is 2. The fourth-order valence-corrected chi connectivity index (χ4v) is 3.21. The highest BCUT2D eigenvalue weighted by atomic mass is 16.5. The van der Waals surface area contributed by atoms with Gasteiger partial charge in [-0.2, -0.15) is 0 Å². The molecule has 0 fully saturated rings. The van der Waals surface area contributed by atoms with Crippen LogP contribution in [0.2, 0.25) is 0 Å². The van der Waals surface area contributed by atoms with Crippen molar-refractivity contribution < 1.29 is 4.74 Å². The van der Waals surface area contributed by atoms with Gasteiger partial charge in [0.05, 0.1) is 18.1 Å². The van der Waals surface area contributed by atoms with Crippen molar-refractivity contribution in [2.45, 2.75) is 59.0 Å². The molecule has 1 aromatic heterocycles. The first-order valence-electron chi connectivity index (χ1n) is 10.4. The summed E-state index contributed by atoms with van der Waals surface area (Å²) < 4.78 is 5.78. The van der Waals surface area contributed by atoms with Crippen molar-refractivity contribution in [3.05, 3.63) is 77.6 Å². The summed E-state index contributed by atoms with van der Waals surface area (Å²) in [5.41, 5.74) is 5.85. The van der Waals surface area contributed by atoms with Crippen LogP contribution in [0.4, 0.5) is 0 Å². The van der Waals surface area contributed by atoms with Gasteiger partial charge in [0.1, 0.15) is 6.61 Å². The molecule has 0 aliphatic carbocycles. The van der Waals surface area contributed by atoms with Gasteiger partial charge in [0, 0.05) is 5.56 Å². The van der Waals surface area contributed by atoms with Crippen molar-refractivity contribution in [1.29, 1.82) is 0 Å². The van der Waals surface area contributed by atoms with Crippen molar-refractivity contribution in [3.8, 4) is 17.1 Å². The highest BCUT2D eigenvalue weighted by Crippen LogP contribution is 2.19. The molecule has 28 heavy (non-hydrogen) atoms. The Hall–Kier alpha value is -2.68.